The molecule has 0 amide bonds. The minimum absolute atomic E-state index is 0.164. The number of nitrogens with zero attached hydrogens (tertiary/aromatic N) is 1. The lowest BCUT2D eigenvalue weighted by Crippen LogP contribution is -2.32. The molecule has 0 fully saturated rings. The molecule has 1 atom stereocenters. The summed E-state index contributed by atoms with van der Waals surface area (Å²) in [7, 11) is 0. The van der Waals surface area contributed by atoms with E-state index in [0.717, 1.165) is 48.7 Å². The Kier molecular flexibility index (Phi) is 7.42. The third-order valence-electron chi connectivity index (χ3n) is 4.94. The molecule has 0 aliphatic rings. The van der Waals surface area contributed by atoms with E-state index in [1.54, 1.807) is 0 Å². The molecule has 4 heteroatoms. The van der Waals surface area contributed by atoms with E-state index in [-0.39, 0.29) is 11.9 Å². The number of pyridine rings is 1. The smallest absolute Gasteiger partial charge is 0.313 e. The number of aromatic amines is 1. The van der Waals surface area contributed by atoms with Gasteiger partial charge in [-0.1, -0.05) is 24.3 Å². The van der Waals surface area contributed by atoms with Crippen LogP contribution in [0, 0.1) is 0 Å². The highest BCUT2D eigenvalue weighted by Crippen LogP contribution is 2.22. The SMILES string of the molecule is C[C@@H](C(=O)OCCC=CCCCC[n+]1ccccc1)c1ccc2[nH]ccc2c1. The lowest BCUT2D eigenvalue weighted by atomic mass is 10.00. The Morgan fingerprint density at radius 3 is 2.79 bits per heavy atom. The molecular weight excluding hydrogens is 348 g/mol. The maximum absolute atomic E-state index is 12.3. The number of aryl methyl sites for hydroxylation is 1. The summed E-state index contributed by atoms with van der Waals surface area (Å²) in [5.41, 5.74) is 2.07. The van der Waals surface area contributed by atoms with Crippen LogP contribution in [0.2, 0.25) is 0 Å². The number of ether oxygens (including phenoxy) is 1. The first kappa shape index (κ1) is 19.9. The number of hydrogen-bond donors (Lipinski definition) is 1. The summed E-state index contributed by atoms with van der Waals surface area (Å²) < 4.78 is 7.64. The van der Waals surface area contributed by atoms with E-state index in [1.807, 2.05) is 43.5 Å². The van der Waals surface area contributed by atoms with Gasteiger partial charge in [0.1, 0.15) is 6.54 Å². The molecule has 0 spiro atoms. The van der Waals surface area contributed by atoms with Gasteiger partial charge in [-0.25, -0.2) is 4.57 Å². The molecule has 4 nitrogen and oxygen atoms in total. The highest BCUT2D eigenvalue weighted by molar-refractivity contribution is 5.83. The minimum Gasteiger partial charge on any atom is -0.465 e. The maximum atomic E-state index is 12.3. The van der Waals surface area contributed by atoms with Gasteiger partial charge >= 0.3 is 5.97 Å². The van der Waals surface area contributed by atoms with Crippen molar-refractivity contribution in [3.05, 3.63) is 78.8 Å². The normalized spacial score (nSPS) is 12.5. The Morgan fingerprint density at radius 1 is 1.11 bits per heavy atom. The third-order valence-corrected chi connectivity index (χ3v) is 4.94. The lowest BCUT2D eigenvalue weighted by Gasteiger charge is -2.11. The van der Waals surface area contributed by atoms with Gasteiger partial charge in [-0.05, 0) is 55.3 Å². The van der Waals surface area contributed by atoms with Gasteiger partial charge < -0.3 is 9.72 Å². The fourth-order valence-electron chi connectivity index (χ4n) is 3.21. The number of fused-ring (bicyclic) bond motifs is 1. The molecule has 0 saturated heterocycles. The highest BCUT2D eigenvalue weighted by Gasteiger charge is 2.16. The molecule has 1 N–H and O–H groups in total. The first-order valence-corrected chi connectivity index (χ1v) is 10.1. The number of hydrogen-bond acceptors (Lipinski definition) is 2. The standard InChI is InChI=1S/C24H29N2O2/c1-20(21-11-12-23-22(19-21)13-14-25-23)24(27)28-18-10-5-3-2-4-7-15-26-16-8-6-9-17-26/h3,5-6,8-9,11-14,16-17,19-20,25H,2,4,7,10,15,18H2,1H3/q+1/t20-/m1/s1. The average molecular weight is 378 g/mol. The quantitative estimate of drug-likeness (QED) is 0.236. The van der Waals surface area contributed by atoms with Crippen LogP contribution < -0.4 is 4.57 Å². The monoisotopic (exact) mass is 377 g/mol. The molecule has 1 aromatic carbocycles. The summed E-state index contributed by atoms with van der Waals surface area (Å²) in [5.74, 6) is -0.415. The molecule has 3 aromatic rings. The van der Waals surface area contributed by atoms with Gasteiger partial charge in [0, 0.05) is 30.3 Å². The molecule has 28 heavy (non-hydrogen) atoms. The number of rotatable bonds is 10. The summed E-state index contributed by atoms with van der Waals surface area (Å²) in [6.07, 6.45) is 14.6. The van der Waals surface area contributed by atoms with Crippen LogP contribution in [0.4, 0.5) is 0 Å². The van der Waals surface area contributed by atoms with E-state index in [9.17, 15) is 4.79 Å². The fraction of sp³-hybridized carbons (Fsp3) is 0.333. The van der Waals surface area contributed by atoms with Crippen molar-refractivity contribution in [2.75, 3.05) is 6.61 Å². The topological polar surface area (TPSA) is 46.0 Å². The molecule has 0 radical (unpaired) electrons. The van der Waals surface area contributed by atoms with Crippen molar-refractivity contribution in [3.8, 4) is 0 Å². The zero-order valence-corrected chi connectivity index (χ0v) is 16.5. The number of esters is 1. The number of unbranched alkanes of at least 4 members (excludes halogenated alkanes) is 2. The van der Waals surface area contributed by atoms with Gasteiger partial charge in [-0.3, -0.25) is 4.79 Å². The number of H-pyrrole nitrogens is 1. The minimum atomic E-state index is -0.251. The highest BCUT2D eigenvalue weighted by atomic mass is 16.5. The van der Waals surface area contributed by atoms with Gasteiger partial charge in [-0.15, -0.1) is 0 Å². The van der Waals surface area contributed by atoms with Crippen LogP contribution in [-0.4, -0.2) is 17.6 Å². The second-order valence-electron chi connectivity index (χ2n) is 7.08. The van der Waals surface area contributed by atoms with Gasteiger partial charge in [-0.2, -0.15) is 0 Å². The van der Waals surface area contributed by atoms with Gasteiger partial charge in [0.05, 0.1) is 12.5 Å². The van der Waals surface area contributed by atoms with Crippen molar-refractivity contribution in [3.63, 3.8) is 0 Å². The molecule has 0 aliphatic carbocycles. The molecule has 146 valence electrons. The Balaban J connectivity index is 1.29. The van der Waals surface area contributed by atoms with Gasteiger partial charge in [0.25, 0.3) is 0 Å². The molecule has 0 aliphatic heterocycles. The molecule has 0 unspecified atom stereocenters. The van der Waals surface area contributed by atoms with Gasteiger partial charge in [0.15, 0.2) is 12.4 Å². The van der Waals surface area contributed by atoms with Crippen LogP contribution in [0.1, 0.15) is 44.1 Å². The predicted octanol–water partition coefficient (Wildman–Crippen LogP) is 4.92. The molecule has 3 rings (SSSR count). The van der Waals surface area contributed by atoms with Crippen molar-refractivity contribution in [2.24, 2.45) is 0 Å². The fourth-order valence-corrected chi connectivity index (χ4v) is 3.21. The summed E-state index contributed by atoms with van der Waals surface area (Å²) in [6, 6.07) is 14.2. The van der Waals surface area contributed by atoms with E-state index >= 15 is 0 Å². The average Bonchev–Trinajstić information content (AvgIpc) is 3.20. The van der Waals surface area contributed by atoms with E-state index in [0.29, 0.717) is 6.61 Å². The second-order valence-corrected chi connectivity index (χ2v) is 7.08. The first-order chi connectivity index (χ1) is 13.7. The summed E-state index contributed by atoms with van der Waals surface area (Å²) in [4.78, 5) is 15.4. The molecule has 2 aromatic heterocycles. The predicted molar refractivity (Wildman–Crippen MR) is 112 cm³/mol. The Morgan fingerprint density at radius 2 is 1.93 bits per heavy atom. The number of allylic oxidation sites excluding steroid dienone is 1. The van der Waals surface area contributed by atoms with E-state index < -0.39 is 0 Å². The van der Waals surface area contributed by atoms with Crippen LogP contribution in [0.3, 0.4) is 0 Å². The number of nitrogens with one attached hydrogen (secondary N) is 1. The zero-order valence-electron chi connectivity index (χ0n) is 16.5. The number of benzene rings is 1. The van der Waals surface area contributed by atoms with Crippen LogP contribution in [0.25, 0.3) is 10.9 Å². The summed E-state index contributed by atoms with van der Waals surface area (Å²) in [5, 5.41) is 1.12. The first-order valence-electron chi connectivity index (χ1n) is 10.1. The van der Waals surface area contributed by atoms with Crippen LogP contribution in [0.5, 0.6) is 0 Å². The van der Waals surface area contributed by atoms with Crippen LogP contribution >= 0.6 is 0 Å². The molecule has 0 bridgehead atoms. The number of aromatic nitrogens is 2. The Labute approximate surface area is 166 Å². The molecule has 0 saturated carbocycles. The third kappa shape index (κ3) is 5.81. The molecular formula is C24H29N2O2+. The number of carbonyl (C=O) groups excluding carboxylic acids is 1. The van der Waals surface area contributed by atoms with Crippen molar-refractivity contribution in [2.45, 2.75) is 45.1 Å². The van der Waals surface area contributed by atoms with E-state index in [1.165, 1.54) is 0 Å². The molecule has 2 heterocycles. The summed E-state index contributed by atoms with van der Waals surface area (Å²) in [6.45, 7) is 3.39. The number of carbonyl (C=O) groups is 1. The van der Waals surface area contributed by atoms with E-state index in [4.69, 9.17) is 4.74 Å². The Hall–Kier alpha value is -2.88. The van der Waals surface area contributed by atoms with Crippen molar-refractivity contribution in [1.82, 2.24) is 4.98 Å². The zero-order chi connectivity index (χ0) is 19.6. The van der Waals surface area contributed by atoms with Crippen molar-refractivity contribution < 1.29 is 14.1 Å². The van der Waals surface area contributed by atoms with Crippen molar-refractivity contribution in [1.29, 1.82) is 0 Å². The van der Waals surface area contributed by atoms with Crippen molar-refractivity contribution >= 4 is 16.9 Å². The summed E-state index contributed by atoms with van der Waals surface area (Å²) >= 11 is 0. The Bertz CT molecular complexity index is 899. The van der Waals surface area contributed by atoms with E-state index in [2.05, 4.69) is 46.2 Å². The largest absolute Gasteiger partial charge is 0.465 e. The second kappa shape index (κ2) is 10.5. The van der Waals surface area contributed by atoms with Crippen LogP contribution in [-0.2, 0) is 16.1 Å². The lowest BCUT2D eigenvalue weighted by molar-refractivity contribution is -0.697. The maximum Gasteiger partial charge on any atom is 0.313 e. The van der Waals surface area contributed by atoms with Crippen LogP contribution in [0.15, 0.2) is 73.2 Å². The van der Waals surface area contributed by atoms with Gasteiger partial charge in [0.2, 0.25) is 0 Å².